The van der Waals surface area contributed by atoms with Gasteiger partial charge >= 0.3 is 6.18 Å². The van der Waals surface area contributed by atoms with Crippen molar-refractivity contribution < 1.29 is 23.1 Å². The number of aromatic nitrogens is 4. The Morgan fingerprint density at radius 3 is 2.46 bits per heavy atom. The number of carbonyl (C=O) groups excluding carboxylic acids is 1. The van der Waals surface area contributed by atoms with Crippen LogP contribution in [0.25, 0.3) is 28.2 Å². The molecule has 0 radical (unpaired) electrons. The Kier molecular flexibility index (Phi) is 6.04. The van der Waals surface area contributed by atoms with Gasteiger partial charge in [0.15, 0.2) is 0 Å². The highest BCUT2D eigenvalue weighted by atomic mass is 19.4. The standard InChI is InChI=1S/C27H22F3N5O2/c1-16-12-21(27(28,29)30)20(22-9-10-34(2)33-22)14-19(16)26(37)32-25-24(18-6-4-3-5-7-18)31-23-13-17(15-36)8-11-35(23)25/h3-14,36H,15H2,1-2H3,(H,32,37). The number of pyridine rings is 1. The first-order chi connectivity index (χ1) is 17.7. The molecule has 0 saturated carbocycles. The number of imidazole rings is 1. The van der Waals surface area contributed by atoms with E-state index in [0.29, 0.717) is 22.7 Å². The van der Waals surface area contributed by atoms with Crippen LogP contribution in [0.15, 0.2) is 73.1 Å². The molecule has 0 aliphatic rings. The largest absolute Gasteiger partial charge is 0.417 e. The number of carbonyl (C=O) groups is 1. The molecule has 0 spiro atoms. The molecular weight excluding hydrogens is 483 g/mol. The van der Waals surface area contributed by atoms with Crippen molar-refractivity contribution in [1.82, 2.24) is 19.2 Å². The van der Waals surface area contributed by atoms with Gasteiger partial charge in [0.1, 0.15) is 17.2 Å². The number of nitrogens with zero attached hydrogens (tertiary/aromatic N) is 4. The molecular formula is C27H22F3N5O2. The highest BCUT2D eigenvalue weighted by Gasteiger charge is 2.35. The van der Waals surface area contributed by atoms with Crippen molar-refractivity contribution in [3.63, 3.8) is 0 Å². The van der Waals surface area contributed by atoms with Crippen LogP contribution < -0.4 is 5.32 Å². The number of aliphatic hydroxyl groups is 1. The smallest absolute Gasteiger partial charge is 0.392 e. The van der Waals surface area contributed by atoms with E-state index in [-0.39, 0.29) is 29.0 Å². The number of aliphatic hydroxyl groups excluding tert-OH is 1. The van der Waals surface area contributed by atoms with Gasteiger partial charge in [-0.1, -0.05) is 30.3 Å². The summed E-state index contributed by atoms with van der Waals surface area (Å²) in [5.74, 6) is -0.233. The van der Waals surface area contributed by atoms with E-state index in [1.807, 2.05) is 30.3 Å². The Hall–Kier alpha value is -4.44. The number of benzene rings is 2. The highest BCUT2D eigenvalue weighted by Crippen LogP contribution is 2.38. The maximum atomic E-state index is 13.9. The molecule has 2 N–H and O–H groups in total. The molecule has 5 aromatic rings. The topological polar surface area (TPSA) is 84.5 Å². The van der Waals surface area contributed by atoms with Crippen LogP contribution in [0.4, 0.5) is 19.0 Å². The molecule has 5 rings (SSSR count). The van der Waals surface area contributed by atoms with Gasteiger partial charge in [0.25, 0.3) is 5.91 Å². The molecule has 1 amide bonds. The van der Waals surface area contributed by atoms with Crippen LogP contribution in [0.1, 0.15) is 27.0 Å². The predicted molar refractivity (Wildman–Crippen MR) is 133 cm³/mol. The van der Waals surface area contributed by atoms with Crippen molar-refractivity contribution in [1.29, 1.82) is 0 Å². The zero-order valence-electron chi connectivity index (χ0n) is 19.9. The zero-order chi connectivity index (χ0) is 26.3. The van der Waals surface area contributed by atoms with Gasteiger partial charge in [0.05, 0.1) is 17.9 Å². The fourth-order valence-electron chi connectivity index (χ4n) is 4.23. The van der Waals surface area contributed by atoms with Crippen LogP contribution in [0.2, 0.25) is 0 Å². The normalized spacial score (nSPS) is 11.7. The monoisotopic (exact) mass is 505 g/mol. The van der Waals surface area contributed by atoms with Gasteiger partial charge in [-0.05, 0) is 48.4 Å². The van der Waals surface area contributed by atoms with Gasteiger partial charge in [0, 0.05) is 36.1 Å². The molecule has 37 heavy (non-hydrogen) atoms. The lowest BCUT2D eigenvalue weighted by molar-refractivity contribution is -0.137. The Labute approximate surface area is 209 Å². The number of hydrogen-bond acceptors (Lipinski definition) is 4. The number of alkyl halides is 3. The predicted octanol–water partition coefficient (Wildman–Crippen LogP) is 5.47. The highest BCUT2D eigenvalue weighted by molar-refractivity contribution is 6.07. The first-order valence-corrected chi connectivity index (χ1v) is 11.4. The average molecular weight is 506 g/mol. The van der Waals surface area contributed by atoms with Crippen molar-refractivity contribution in [2.45, 2.75) is 19.7 Å². The molecule has 7 nitrogen and oxygen atoms in total. The third kappa shape index (κ3) is 4.58. The van der Waals surface area contributed by atoms with Gasteiger partial charge < -0.3 is 10.4 Å². The maximum Gasteiger partial charge on any atom is 0.417 e. The molecule has 0 fully saturated rings. The summed E-state index contributed by atoms with van der Waals surface area (Å²) >= 11 is 0. The van der Waals surface area contributed by atoms with E-state index in [4.69, 9.17) is 0 Å². The maximum absolute atomic E-state index is 13.9. The van der Waals surface area contributed by atoms with E-state index < -0.39 is 17.6 Å². The SMILES string of the molecule is Cc1cc(C(F)(F)F)c(-c2ccn(C)n2)cc1C(=O)Nc1c(-c2ccccc2)nc2cc(CO)ccn12. The molecule has 0 unspecified atom stereocenters. The van der Waals surface area contributed by atoms with Crippen LogP contribution >= 0.6 is 0 Å². The van der Waals surface area contributed by atoms with Crippen LogP contribution in [0.3, 0.4) is 0 Å². The Morgan fingerprint density at radius 2 is 1.81 bits per heavy atom. The number of halogens is 3. The van der Waals surface area contributed by atoms with Gasteiger partial charge in [-0.25, -0.2) is 4.98 Å². The second kappa shape index (κ2) is 9.21. The van der Waals surface area contributed by atoms with Crippen molar-refractivity contribution >= 4 is 17.4 Å². The second-order valence-corrected chi connectivity index (χ2v) is 8.64. The molecule has 0 bridgehead atoms. The lowest BCUT2D eigenvalue weighted by Crippen LogP contribution is -2.17. The number of amides is 1. The fraction of sp³-hybridized carbons (Fsp3) is 0.148. The van der Waals surface area contributed by atoms with Crippen molar-refractivity contribution in [2.75, 3.05) is 5.32 Å². The Balaban J connectivity index is 1.63. The van der Waals surface area contributed by atoms with E-state index in [2.05, 4.69) is 15.4 Å². The van der Waals surface area contributed by atoms with Gasteiger partial charge in [0.2, 0.25) is 0 Å². The van der Waals surface area contributed by atoms with E-state index in [0.717, 1.165) is 11.6 Å². The lowest BCUT2D eigenvalue weighted by Gasteiger charge is -2.16. The summed E-state index contributed by atoms with van der Waals surface area (Å²) in [5.41, 5.74) is 1.68. The van der Waals surface area contributed by atoms with Crippen LogP contribution in [0.5, 0.6) is 0 Å². The summed E-state index contributed by atoms with van der Waals surface area (Å²) in [4.78, 5) is 18.2. The van der Waals surface area contributed by atoms with Gasteiger partial charge in [-0.2, -0.15) is 18.3 Å². The number of nitrogens with one attached hydrogen (secondary N) is 1. The summed E-state index contributed by atoms with van der Waals surface area (Å²) in [7, 11) is 1.61. The number of fused-ring (bicyclic) bond motifs is 1. The fourth-order valence-corrected chi connectivity index (χ4v) is 4.23. The lowest BCUT2D eigenvalue weighted by atomic mass is 9.96. The van der Waals surface area contributed by atoms with Crippen molar-refractivity contribution in [2.24, 2.45) is 7.05 Å². The van der Waals surface area contributed by atoms with Crippen LogP contribution in [-0.2, 0) is 19.8 Å². The molecule has 0 aliphatic heterocycles. The third-order valence-corrected chi connectivity index (χ3v) is 6.06. The quantitative estimate of drug-likeness (QED) is 0.332. The minimum absolute atomic E-state index is 0.0783. The molecule has 3 heterocycles. The average Bonchev–Trinajstić information content (AvgIpc) is 3.47. The summed E-state index contributed by atoms with van der Waals surface area (Å²) in [6.07, 6.45) is -1.41. The summed E-state index contributed by atoms with van der Waals surface area (Å²) in [5, 5.41) is 16.5. The minimum atomic E-state index is -4.63. The number of anilines is 1. The third-order valence-electron chi connectivity index (χ3n) is 6.06. The van der Waals surface area contributed by atoms with Gasteiger partial charge in [-0.3, -0.25) is 13.9 Å². The molecule has 188 valence electrons. The van der Waals surface area contributed by atoms with Crippen LogP contribution in [0, 0.1) is 6.92 Å². The molecule has 10 heteroatoms. The van der Waals surface area contributed by atoms with E-state index >= 15 is 0 Å². The van der Waals surface area contributed by atoms with Crippen molar-refractivity contribution in [3.8, 4) is 22.5 Å². The number of aryl methyl sites for hydroxylation is 2. The van der Waals surface area contributed by atoms with Crippen LogP contribution in [-0.4, -0.2) is 30.2 Å². The summed E-state index contributed by atoms with van der Waals surface area (Å²) < 4.78 is 44.7. The van der Waals surface area contributed by atoms with E-state index in [9.17, 15) is 23.1 Å². The zero-order valence-corrected chi connectivity index (χ0v) is 19.9. The molecule has 0 atom stereocenters. The molecule has 0 aliphatic carbocycles. The van der Waals surface area contributed by atoms with Crippen molar-refractivity contribution in [3.05, 3.63) is 95.3 Å². The first kappa shape index (κ1) is 24.3. The van der Waals surface area contributed by atoms with E-state index in [1.165, 1.54) is 23.7 Å². The summed E-state index contributed by atoms with van der Waals surface area (Å²) in [6.45, 7) is 1.29. The van der Waals surface area contributed by atoms with Gasteiger partial charge in [-0.15, -0.1) is 0 Å². The summed E-state index contributed by atoms with van der Waals surface area (Å²) in [6, 6.07) is 16.3. The number of hydrogen-bond donors (Lipinski definition) is 2. The second-order valence-electron chi connectivity index (χ2n) is 8.64. The molecule has 2 aromatic carbocycles. The molecule has 3 aromatic heterocycles. The Morgan fingerprint density at radius 1 is 1.05 bits per heavy atom. The first-order valence-electron chi connectivity index (χ1n) is 11.4. The number of rotatable bonds is 5. The van der Waals surface area contributed by atoms with E-state index in [1.54, 1.807) is 36.0 Å². The Bertz CT molecular complexity index is 1620. The minimum Gasteiger partial charge on any atom is -0.392 e. The molecule has 0 saturated heterocycles.